The van der Waals surface area contributed by atoms with Gasteiger partial charge in [0, 0.05) is 12.1 Å². The Hall–Kier alpha value is 6.58. The molecule has 782 valence electrons. The maximum absolute atomic E-state index is 4.93. The van der Waals surface area contributed by atoms with Crippen molar-refractivity contribution in [3.05, 3.63) is 212 Å². The van der Waals surface area contributed by atoms with Crippen molar-refractivity contribution in [3.8, 4) is 0 Å². The number of halogens is 13. The second kappa shape index (κ2) is 117. The van der Waals surface area contributed by atoms with Gasteiger partial charge in [0.2, 0.25) is 0 Å². The van der Waals surface area contributed by atoms with Gasteiger partial charge in [-0.05, 0) is 198 Å². The van der Waals surface area contributed by atoms with Crippen LogP contribution in [0.1, 0.15) is 380 Å². The Morgan fingerprint density at radius 2 is 0.470 bits per heavy atom. The molecule has 12 unspecified atom stereocenters. The molecule has 0 aromatic heterocycles. The zero-order valence-electron chi connectivity index (χ0n) is 87.3. The van der Waals surface area contributed by atoms with Gasteiger partial charge in [0.15, 0.2) is 0 Å². The van der Waals surface area contributed by atoms with Gasteiger partial charge in [0.1, 0.15) is 0 Å². The summed E-state index contributed by atoms with van der Waals surface area (Å²) in [5.74, 6) is 11.4. The molecule has 5 nitrogen and oxygen atoms in total. The Morgan fingerprint density at radius 3 is 0.694 bits per heavy atom. The number of allylic oxidation sites excluding steroid dienone is 13. The van der Waals surface area contributed by atoms with Crippen LogP contribution < -0.4 is 0 Å². The van der Waals surface area contributed by atoms with E-state index in [1.807, 2.05) is 86.8 Å². The molecule has 20 aliphatic rings. The first-order valence-electron chi connectivity index (χ1n) is 46.5. The van der Waals surface area contributed by atoms with Crippen molar-refractivity contribution in [1.82, 2.24) is 4.90 Å². The van der Waals surface area contributed by atoms with E-state index in [0.29, 0.717) is 0 Å². The van der Waals surface area contributed by atoms with Crippen LogP contribution in [0.15, 0.2) is 128 Å². The minimum absolute atomic E-state index is 0. The molecule has 12 atom stereocenters. The van der Waals surface area contributed by atoms with E-state index < -0.39 is 121 Å². The molecular weight excluding hydrogens is 2480 g/mol. The van der Waals surface area contributed by atoms with Crippen molar-refractivity contribution < 1.29 is 162 Å². The van der Waals surface area contributed by atoms with E-state index in [0.717, 1.165) is 81.4 Å². The summed E-state index contributed by atoms with van der Waals surface area (Å²) in [6.45, 7) is 7.50. The Balaban J connectivity index is -0.000000110. The first kappa shape index (κ1) is 168. The molecule has 20 rings (SSSR count). The van der Waals surface area contributed by atoms with Crippen LogP contribution in [0.25, 0.3) is 0 Å². The largest absolute Gasteiger partial charge is 3.00 e. The summed E-state index contributed by atoms with van der Waals surface area (Å²) >= 11 is -1.34. The van der Waals surface area contributed by atoms with Crippen molar-refractivity contribution >= 4 is 137 Å². The van der Waals surface area contributed by atoms with Gasteiger partial charge in [-0.25, -0.2) is 20.0 Å². The maximum atomic E-state index is 4.93. The molecule has 6 aliphatic heterocycles. The fourth-order valence-corrected chi connectivity index (χ4v) is 21.5. The average Bonchev–Trinajstić information content (AvgIpc) is 1.58. The fraction of sp³-hybridized carbons (Fsp3) is 0.667. The molecule has 8 bridgehead atoms. The van der Waals surface area contributed by atoms with Crippen LogP contribution in [0.2, 0.25) is 0 Å². The van der Waals surface area contributed by atoms with Crippen LogP contribution in [-0.2, 0) is 162 Å². The molecule has 1 radical (unpaired) electrons. The minimum atomic E-state index is -0.826. The van der Waals surface area contributed by atoms with Gasteiger partial charge in [0.05, 0.1) is 45.6 Å². The Morgan fingerprint density at radius 1 is 0.299 bits per heavy atom. The van der Waals surface area contributed by atoms with Crippen LogP contribution in [0, 0.1) is 163 Å². The second-order valence-corrected chi connectivity index (χ2v) is 56.6. The van der Waals surface area contributed by atoms with Gasteiger partial charge in [-0.3, -0.25) is 4.90 Å². The minimum Gasteiger partial charge on any atom is 3.00 e. The van der Waals surface area contributed by atoms with Gasteiger partial charge in [-0.1, -0.05) is 327 Å². The molecule has 14 aliphatic carbocycles. The smallest absolute Gasteiger partial charge is 3.00 e. The summed E-state index contributed by atoms with van der Waals surface area (Å²) in [7, 11) is 65.8. The number of nitrogens with zero attached hydrogens (tertiary/aromatic N) is 5. The predicted molar refractivity (Wildman–Crippen MR) is 598 cm³/mol. The van der Waals surface area contributed by atoms with Gasteiger partial charge < -0.3 is 104 Å². The van der Waals surface area contributed by atoms with Crippen LogP contribution in [0.4, 0.5) is 0 Å². The van der Waals surface area contributed by atoms with E-state index in [4.69, 9.17) is 104 Å². The van der Waals surface area contributed by atoms with E-state index >= 15 is 0 Å². The van der Waals surface area contributed by atoms with Gasteiger partial charge in [-0.2, -0.15) is 0 Å². The normalized spacial score (nSPS) is 25.1. The van der Waals surface area contributed by atoms with Crippen molar-refractivity contribution in [2.24, 2.45) is 79.1 Å². The average molecular weight is 2670 g/mol. The van der Waals surface area contributed by atoms with Crippen LogP contribution in [0.5, 0.6) is 0 Å². The SMILES string of the molecule is C1=CC2=NC1=CC1=NC(=CC3=NC(=CC4=NC(=C2)C=C4)C=C3)C=C1.C1CCC1.C1CCC2C(C1)CC1CCCCC12.C1CCC2CCCC2C1.C1CCCC1.C1CCCC1.C1CCCC1.C1CCCC1.C1CCCCCCC1.C=C(C)C.CN1C2CCCCC2C2CC3CCCCC3C21.[CH3-].[CH3-].[CH3-].[CH3-].[CH3-].[CH3-].[CH3-].[CH3-].[CH3-].[CH3-].[CH3-].[CH3-].[CH3-].[CH3-].[Cl][Ni].[Cl][Ti][Cl].[Cl][Zr+2][Cl].[Cl][Zr+2][Cl].[Cl][Zr+2][Cl].[Cl][Zr][Cl].[Cl][Zr][Cl].[Zr+3]. The van der Waals surface area contributed by atoms with Gasteiger partial charge in [0.25, 0.3) is 0 Å². The second-order valence-electron chi connectivity index (χ2n) is 35.4. The predicted octanol–water partition coefficient (Wildman–Crippen LogP) is 43.6. The summed E-state index contributed by atoms with van der Waals surface area (Å²) in [5.41, 5.74) is 8.32. The molecule has 0 aromatic carbocycles. The Kier molecular flexibility index (Phi) is 146. The molecule has 0 N–H and O–H groups in total. The quantitative estimate of drug-likeness (QED) is 0.135. The van der Waals surface area contributed by atoms with Crippen molar-refractivity contribution in [2.75, 3.05) is 7.05 Å². The topological polar surface area (TPSA) is 52.7 Å². The number of rotatable bonds is 0. The molecule has 14 saturated carbocycles. The zero-order chi connectivity index (χ0) is 86.6. The van der Waals surface area contributed by atoms with Gasteiger partial charge in [-0.15, -0.1) is 6.58 Å². The van der Waals surface area contributed by atoms with E-state index in [-0.39, 0.29) is 130 Å². The number of likely N-dealkylation sites (tertiary alicyclic amines) is 1. The van der Waals surface area contributed by atoms with Crippen LogP contribution >= 0.6 is 114 Å². The molecule has 0 aromatic rings. The van der Waals surface area contributed by atoms with E-state index in [1.54, 1.807) is 109 Å². The molecule has 0 spiro atoms. The monoisotopic (exact) mass is 2660 g/mol. The molecule has 26 heteroatoms. The molecule has 0 amide bonds. The summed E-state index contributed by atoms with van der Waals surface area (Å²) in [5, 5.41) is 0. The Labute approximate surface area is 979 Å². The Bertz CT molecular complexity index is 2630. The van der Waals surface area contributed by atoms with E-state index in [9.17, 15) is 0 Å². The number of aliphatic imine (C=N–C) groups is 4. The maximum Gasteiger partial charge on any atom is 3.00 e. The standard InChI is InChI=1S/C20H12N4.C16H27N.C13H22.C9H16.C8H16.4C5H10.2C4H8.14CH3.13ClH.Ni.Ti.6Zr/c1-2-14-10-16-5-6-18(23-16)12-20-8-7-19(24-20)11-17-4-3-15(22-17)9-13(1)21-14;1-17-15-9-5-4-8-13(15)14-10-11-6-2-3-7-12(11)16(14)17;1-3-7-12-10(5-1)9-11-6-2-4-8-13(11)12;1-2-5-9-7-3-6-8(9)4-1;1-2-4-6-8-7-5-3-1;4*1-2-4-5-3-1;1-2-4-3-1;1-4(2)3;;;;;;;;;;;;;;;;;;;;;;;;;;;;;;;;;;;/h1-12H;11-16H,2-10H2,1H3;10-13H,1-9H2;8-9H,1-7H2;1-8H2;4*1-5H2;1-4H2;1H2,2-3H3;14*1H3;13*1H;;;;;;;;/q;;;;;;;;;;;14*-1;;;;;;;;;;;;;;+1;3*+2;+3;3*+4/p-13. The zero-order valence-corrected chi connectivity index (χ0v) is 114. The third-order valence-electron chi connectivity index (χ3n) is 27.0. The number of fused-ring (bicyclic) bond motifs is 13. The third-order valence-corrected chi connectivity index (χ3v) is 27.0. The first-order valence-corrected chi connectivity index (χ1v) is 83.8. The van der Waals surface area contributed by atoms with Crippen molar-refractivity contribution in [3.63, 3.8) is 0 Å². The summed E-state index contributed by atoms with van der Waals surface area (Å²) in [4.78, 5) is 21.2. The fourth-order valence-electron chi connectivity index (χ4n) is 21.5. The van der Waals surface area contributed by atoms with Crippen LogP contribution in [-0.4, -0.2) is 46.9 Å². The number of hydrogen-bond donors (Lipinski definition) is 0. The molecule has 134 heavy (non-hydrogen) atoms. The van der Waals surface area contributed by atoms with Gasteiger partial charge >= 0.3 is 276 Å². The van der Waals surface area contributed by atoms with Crippen molar-refractivity contribution in [2.45, 2.75) is 392 Å². The first-order chi connectivity index (χ1) is 58.3. The molecule has 15 fully saturated rings. The molecular formula is C108H191Cl13N5NiTiZr6-5. The number of hydrogen-bond acceptors (Lipinski definition) is 5. The summed E-state index contributed by atoms with van der Waals surface area (Å²) in [6.07, 6.45) is 111. The summed E-state index contributed by atoms with van der Waals surface area (Å²) < 4.78 is 0. The van der Waals surface area contributed by atoms with E-state index in [1.165, 1.54) is 298 Å². The molecule has 6 heterocycles. The molecule has 1 saturated heterocycles. The van der Waals surface area contributed by atoms with Crippen LogP contribution in [0.3, 0.4) is 0 Å². The summed E-state index contributed by atoms with van der Waals surface area (Å²) in [6, 6.07) is 1.97. The van der Waals surface area contributed by atoms with E-state index in [2.05, 4.69) is 63.3 Å². The third kappa shape index (κ3) is 77.8. The van der Waals surface area contributed by atoms with Crippen molar-refractivity contribution in [1.29, 1.82) is 0 Å².